The lowest BCUT2D eigenvalue weighted by Gasteiger charge is -2.19. The van der Waals surface area contributed by atoms with Gasteiger partial charge in [0.25, 0.3) is 0 Å². The van der Waals surface area contributed by atoms with E-state index in [1.165, 1.54) is 5.56 Å². The molecular weight excluding hydrogens is 406 g/mol. The molecule has 0 aliphatic heterocycles. The molecule has 0 saturated heterocycles. The van der Waals surface area contributed by atoms with Gasteiger partial charge >= 0.3 is 12.1 Å². The number of nitrogens with one attached hydrogen (secondary N) is 1. The standard InChI is InChI=1S/C26H35NO5/c1-5-20-18-22(31-17-7-6-16-27-25(30)32-26(2,3)4)13-14-23(20)21-11-8-19(9-12-21)10-15-24(28)29/h8-9,11-14,18H,5-7,10,15-17H2,1-4H3,(H,27,30)(H,28,29). The van der Waals surface area contributed by atoms with Crippen LogP contribution >= 0.6 is 0 Å². The molecule has 6 nitrogen and oxygen atoms in total. The van der Waals surface area contributed by atoms with Crippen molar-refractivity contribution in [2.45, 2.75) is 65.4 Å². The van der Waals surface area contributed by atoms with Crippen LogP contribution in [0.3, 0.4) is 0 Å². The summed E-state index contributed by atoms with van der Waals surface area (Å²) in [5.74, 6) is 0.0565. The van der Waals surface area contributed by atoms with E-state index in [1.54, 1.807) is 0 Å². The van der Waals surface area contributed by atoms with Gasteiger partial charge in [-0.15, -0.1) is 0 Å². The largest absolute Gasteiger partial charge is 0.494 e. The predicted molar refractivity (Wildman–Crippen MR) is 126 cm³/mol. The average Bonchev–Trinajstić information content (AvgIpc) is 2.73. The predicted octanol–water partition coefficient (Wildman–Crippen LogP) is 5.62. The maximum atomic E-state index is 11.6. The minimum Gasteiger partial charge on any atom is -0.494 e. The monoisotopic (exact) mass is 441 g/mol. The Morgan fingerprint density at radius 2 is 1.75 bits per heavy atom. The minimum absolute atomic E-state index is 0.142. The molecule has 0 atom stereocenters. The fourth-order valence-corrected chi connectivity index (χ4v) is 3.26. The SMILES string of the molecule is CCc1cc(OCCCCNC(=O)OC(C)(C)C)ccc1-c1ccc(CCC(=O)O)cc1. The van der Waals surface area contributed by atoms with Gasteiger partial charge in [-0.2, -0.15) is 0 Å². The molecule has 0 spiro atoms. The maximum absolute atomic E-state index is 11.6. The summed E-state index contributed by atoms with van der Waals surface area (Å²) in [5, 5.41) is 11.6. The summed E-state index contributed by atoms with van der Waals surface area (Å²) in [6.45, 7) is 8.78. The summed E-state index contributed by atoms with van der Waals surface area (Å²) in [6.07, 6.45) is 2.81. The molecule has 0 unspecified atom stereocenters. The quantitative estimate of drug-likeness (QED) is 0.442. The van der Waals surface area contributed by atoms with E-state index in [2.05, 4.69) is 24.4 Å². The van der Waals surface area contributed by atoms with Crippen LogP contribution < -0.4 is 10.1 Å². The van der Waals surface area contributed by atoms with Crippen molar-refractivity contribution in [2.24, 2.45) is 0 Å². The Kier molecular flexibility index (Phi) is 9.57. The zero-order valence-electron chi connectivity index (χ0n) is 19.6. The number of carbonyl (C=O) groups excluding carboxylic acids is 1. The van der Waals surface area contributed by atoms with Crippen LogP contribution in [0.15, 0.2) is 42.5 Å². The summed E-state index contributed by atoms with van der Waals surface area (Å²) in [7, 11) is 0. The molecule has 0 radical (unpaired) electrons. The number of aliphatic carboxylic acids is 1. The second kappa shape index (κ2) is 12.1. The van der Waals surface area contributed by atoms with Gasteiger partial charge in [0.15, 0.2) is 0 Å². The van der Waals surface area contributed by atoms with Gasteiger partial charge in [-0.1, -0.05) is 37.3 Å². The smallest absolute Gasteiger partial charge is 0.407 e. The highest BCUT2D eigenvalue weighted by Crippen LogP contribution is 2.28. The first kappa shape index (κ1) is 25.2. The minimum atomic E-state index is -0.780. The number of amides is 1. The van der Waals surface area contributed by atoms with E-state index in [9.17, 15) is 9.59 Å². The number of ether oxygens (including phenoxy) is 2. The van der Waals surface area contributed by atoms with E-state index in [0.29, 0.717) is 19.6 Å². The summed E-state index contributed by atoms with van der Waals surface area (Å²) < 4.78 is 11.1. The van der Waals surface area contributed by atoms with Crippen molar-refractivity contribution in [3.63, 3.8) is 0 Å². The fourth-order valence-electron chi connectivity index (χ4n) is 3.26. The van der Waals surface area contributed by atoms with Gasteiger partial charge < -0.3 is 19.9 Å². The number of hydrogen-bond donors (Lipinski definition) is 2. The first-order chi connectivity index (χ1) is 15.2. The Bertz CT molecular complexity index is 884. The van der Waals surface area contributed by atoms with Crippen molar-refractivity contribution in [3.05, 3.63) is 53.6 Å². The molecule has 0 heterocycles. The Morgan fingerprint density at radius 3 is 2.38 bits per heavy atom. The third kappa shape index (κ3) is 9.00. The molecule has 1 amide bonds. The van der Waals surface area contributed by atoms with Crippen molar-refractivity contribution >= 4 is 12.1 Å². The van der Waals surface area contributed by atoms with E-state index in [4.69, 9.17) is 14.6 Å². The van der Waals surface area contributed by atoms with Gasteiger partial charge in [-0.05, 0) is 80.8 Å². The van der Waals surface area contributed by atoms with E-state index >= 15 is 0 Å². The summed E-state index contributed by atoms with van der Waals surface area (Å²) >= 11 is 0. The van der Waals surface area contributed by atoms with Crippen LogP contribution in [0.4, 0.5) is 4.79 Å². The highest BCUT2D eigenvalue weighted by Gasteiger charge is 2.15. The van der Waals surface area contributed by atoms with Crippen LogP contribution in [0.1, 0.15) is 58.1 Å². The van der Waals surface area contributed by atoms with Crippen molar-refractivity contribution in [3.8, 4) is 16.9 Å². The molecular formula is C26H35NO5. The third-order valence-corrected chi connectivity index (χ3v) is 4.86. The van der Waals surface area contributed by atoms with Crippen molar-refractivity contribution in [1.29, 1.82) is 0 Å². The highest BCUT2D eigenvalue weighted by molar-refractivity contribution is 5.69. The van der Waals surface area contributed by atoms with Gasteiger partial charge in [0.1, 0.15) is 11.4 Å². The lowest BCUT2D eigenvalue weighted by molar-refractivity contribution is -0.136. The number of rotatable bonds is 11. The second-order valence-electron chi connectivity index (χ2n) is 8.75. The van der Waals surface area contributed by atoms with Crippen molar-refractivity contribution in [2.75, 3.05) is 13.2 Å². The van der Waals surface area contributed by atoms with Crippen LogP contribution in [0, 0.1) is 0 Å². The number of benzene rings is 2. The maximum Gasteiger partial charge on any atom is 0.407 e. The molecule has 0 aliphatic carbocycles. The summed E-state index contributed by atoms with van der Waals surface area (Å²) in [6, 6.07) is 14.2. The summed E-state index contributed by atoms with van der Waals surface area (Å²) in [4.78, 5) is 22.4. The molecule has 2 aromatic rings. The number of unbranched alkanes of at least 4 members (excludes halogenated alkanes) is 1. The average molecular weight is 442 g/mol. The molecule has 0 bridgehead atoms. The third-order valence-electron chi connectivity index (χ3n) is 4.86. The Morgan fingerprint density at radius 1 is 1.03 bits per heavy atom. The Balaban J connectivity index is 1.83. The van der Waals surface area contributed by atoms with E-state index in [1.807, 2.05) is 51.1 Å². The molecule has 32 heavy (non-hydrogen) atoms. The van der Waals surface area contributed by atoms with Gasteiger partial charge in [-0.3, -0.25) is 4.79 Å². The van der Waals surface area contributed by atoms with Gasteiger partial charge in [0.2, 0.25) is 0 Å². The molecule has 6 heteroatoms. The lowest BCUT2D eigenvalue weighted by atomic mass is 9.96. The number of carboxylic acids is 1. The topological polar surface area (TPSA) is 84.9 Å². The molecule has 0 fully saturated rings. The van der Waals surface area contributed by atoms with Crippen LogP contribution in [-0.4, -0.2) is 35.9 Å². The number of aryl methyl sites for hydroxylation is 2. The Hall–Kier alpha value is -3.02. The molecule has 2 N–H and O–H groups in total. The first-order valence-corrected chi connectivity index (χ1v) is 11.2. The Labute approximate surface area is 190 Å². The van der Waals surface area contributed by atoms with Crippen LogP contribution in [0.25, 0.3) is 11.1 Å². The molecule has 2 rings (SSSR count). The number of alkyl carbamates (subject to hydrolysis) is 1. The van der Waals surface area contributed by atoms with Crippen LogP contribution in [-0.2, 0) is 22.4 Å². The summed E-state index contributed by atoms with van der Waals surface area (Å²) in [5.41, 5.74) is 4.01. The number of hydrogen-bond acceptors (Lipinski definition) is 4. The van der Waals surface area contributed by atoms with Gasteiger partial charge in [0.05, 0.1) is 6.61 Å². The van der Waals surface area contributed by atoms with Gasteiger partial charge in [-0.25, -0.2) is 4.79 Å². The first-order valence-electron chi connectivity index (χ1n) is 11.2. The van der Waals surface area contributed by atoms with E-state index in [0.717, 1.165) is 41.7 Å². The highest BCUT2D eigenvalue weighted by atomic mass is 16.6. The molecule has 0 aromatic heterocycles. The molecule has 0 saturated carbocycles. The number of carbonyl (C=O) groups is 2. The zero-order chi connectivity index (χ0) is 23.6. The van der Waals surface area contributed by atoms with Crippen LogP contribution in [0.5, 0.6) is 5.75 Å². The molecule has 2 aromatic carbocycles. The van der Waals surface area contributed by atoms with E-state index in [-0.39, 0.29) is 6.42 Å². The molecule has 174 valence electrons. The van der Waals surface area contributed by atoms with Gasteiger partial charge in [0, 0.05) is 13.0 Å². The fraction of sp³-hybridized carbons (Fsp3) is 0.462. The van der Waals surface area contributed by atoms with Crippen molar-refractivity contribution in [1.82, 2.24) is 5.32 Å². The molecule has 0 aliphatic rings. The van der Waals surface area contributed by atoms with E-state index < -0.39 is 17.7 Å². The second-order valence-corrected chi connectivity index (χ2v) is 8.75. The van der Waals surface area contributed by atoms with Crippen LogP contribution in [0.2, 0.25) is 0 Å². The van der Waals surface area contributed by atoms with Crippen molar-refractivity contribution < 1.29 is 24.2 Å². The lowest BCUT2D eigenvalue weighted by Crippen LogP contribution is -2.33. The zero-order valence-corrected chi connectivity index (χ0v) is 19.6. The normalized spacial score (nSPS) is 11.1. The number of carboxylic acid groups (broad SMARTS) is 1.